The minimum atomic E-state index is -0.130. The van der Waals surface area contributed by atoms with Gasteiger partial charge in [-0.15, -0.1) is 0 Å². The molecule has 4 nitrogen and oxygen atoms in total. The van der Waals surface area contributed by atoms with Crippen molar-refractivity contribution in [3.8, 4) is 5.75 Å². The summed E-state index contributed by atoms with van der Waals surface area (Å²) < 4.78 is 5.74. The number of carbonyl (C=O) groups excluding carboxylic acids is 1. The Bertz CT molecular complexity index is 638. The fraction of sp³-hybridized carbons (Fsp3) is 0.235. The van der Waals surface area contributed by atoms with Crippen LogP contribution in [0.25, 0.3) is 0 Å². The third-order valence-electron chi connectivity index (χ3n) is 3.25. The molecule has 4 heteroatoms. The molecule has 0 aliphatic carbocycles. The first-order valence-electron chi connectivity index (χ1n) is 6.97. The second-order valence-corrected chi connectivity index (χ2v) is 4.83. The lowest BCUT2D eigenvalue weighted by Gasteiger charge is -2.11. The zero-order valence-corrected chi connectivity index (χ0v) is 12.3. The van der Waals surface area contributed by atoms with E-state index in [0.29, 0.717) is 30.2 Å². The molecule has 0 fully saturated rings. The number of nitrogens with one attached hydrogen (secondary N) is 1. The van der Waals surface area contributed by atoms with Crippen molar-refractivity contribution in [3.63, 3.8) is 0 Å². The number of nitrogen functional groups attached to an aromatic ring is 1. The van der Waals surface area contributed by atoms with Gasteiger partial charge >= 0.3 is 0 Å². The number of anilines is 1. The van der Waals surface area contributed by atoms with Crippen LogP contribution in [0.15, 0.2) is 42.5 Å². The third kappa shape index (κ3) is 3.75. The highest BCUT2D eigenvalue weighted by Crippen LogP contribution is 2.24. The van der Waals surface area contributed by atoms with Crippen molar-refractivity contribution in [2.24, 2.45) is 0 Å². The maximum absolute atomic E-state index is 11.7. The highest BCUT2D eigenvalue weighted by molar-refractivity contribution is 5.95. The van der Waals surface area contributed by atoms with Gasteiger partial charge in [0.15, 0.2) is 0 Å². The monoisotopic (exact) mass is 284 g/mol. The summed E-state index contributed by atoms with van der Waals surface area (Å²) in [6, 6.07) is 13.1. The summed E-state index contributed by atoms with van der Waals surface area (Å²) in [6.45, 7) is 4.96. The summed E-state index contributed by atoms with van der Waals surface area (Å²) in [7, 11) is 0. The summed E-state index contributed by atoms with van der Waals surface area (Å²) in [5.74, 6) is 0.459. The Hall–Kier alpha value is -2.49. The lowest BCUT2D eigenvalue weighted by Crippen LogP contribution is -2.22. The Morgan fingerprint density at radius 1 is 1.24 bits per heavy atom. The van der Waals surface area contributed by atoms with E-state index in [1.165, 1.54) is 5.56 Å². The van der Waals surface area contributed by atoms with Crippen molar-refractivity contribution in [1.82, 2.24) is 5.32 Å². The van der Waals surface area contributed by atoms with Gasteiger partial charge in [0.05, 0.1) is 5.69 Å². The van der Waals surface area contributed by atoms with E-state index in [1.807, 2.05) is 38.1 Å². The Morgan fingerprint density at radius 3 is 2.67 bits per heavy atom. The summed E-state index contributed by atoms with van der Waals surface area (Å²) >= 11 is 0. The Kier molecular flexibility index (Phi) is 4.82. The van der Waals surface area contributed by atoms with Crippen molar-refractivity contribution in [3.05, 3.63) is 59.2 Å². The normalized spacial score (nSPS) is 10.2. The van der Waals surface area contributed by atoms with Crippen LogP contribution in [-0.2, 0) is 6.61 Å². The fourth-order valence-electron chi connectivity index (χ4n) is 2.01. The number of benzene rings is 2. The smallest absolute Gasteiger partial charge is 0.251 e. The van der Waals surface area contributed by atoms with Gasteiger partial charge in [-0.2, -0.15) is 0 Å². The molecule has 2 rings (SSSR count). The van der Waals surface area contributed by atoms with Gasteiger partial charge in [-0.1, -0.05) is 24.3 Å². The quantitative estimate of drug-likeness (QED) is 0.830. The van der Waals surface area contributed by atoms with Crippen LogP contribution >= 0.6 is 0 Å². The zero-order valence-electron chi connectivity index (χ0n) is 12.3. The molecular weight excluding hydrogens is 264 g/mol. The maximum atomic E-state index is 11.7. The number of amides is 1. The Labute approximate surface area is 124 Å². The molecule has 0 aliphatic rings. The molecule has 0 atom stereocenters. The van der Waals surface area contributed by atoms with Crippen LogP contribution in [0.2, 0.25) is 0 Å². The van der Waals surface area contributed by atoms with Crippen LogP contribution in [0, 0.1) is 6.92 Å². The van der Waals surface area contributed by atoms with Crippen molar-refractivity contribution in [2.75, 3.05) is 12.3 Å². The average Bonchev–Trinajstić information content (AvgIpc) is 2.47. The van der Waals surface area contributed by atoms with Crippen molar-refractivity contribution in [2.45, 2.75) is 20.5 Å². The van der Waals surface area contributed by atoms with Gasteiger partial charge in [0.1, 0.15) is 12.4 Å². The fourth-order valence-corrected chi connectivity index (χ4v) is 2.01. The predicted molar refractivity (Wildman–Crippen MR) is 84.4 cm³/mol. The molecule has 0 saturated heterocycles. The molecule has 0 bridgehead atoms. The van der Waals surface area contributed by atoms with Gasteiger partial charge in [-0.25, -0.2) is 0 Å². The first-order valence-corrected chi connectivity index (χ1v) is 6.97. The van der Waals surface area contributed by atoms with E-state index in [2.05, 4.69) is 5.32 Å². The second-order valence-electron chi connectivity index (χ2n) is 4.83. The number of aryl methyl sites for hydroxylation is 1. The molecule has 0 spiro atoms. The lowest BCUT2D eigenvalue weighted by molar-refractivity contribution is 0.0956. The van der Waals surface area contributed by atoms with Crippen LogP contribution in [0.5, 0.6) is 5.75 Å². The maximum Gasteiger partial charge on any atom is 0.251 e. The van der Waals surface area contributed by atoms with Gasteiger partial charge in [0, 0.05) is 12.1 Å². The van der Waals surface area contributed by atoms with E-state index in [9.17, 15) is 4.79 Å². The first-order chi connectivity index (χ1) is 10.1. The molecule has 0 aromatic heterocycles. The third-order valence-corrected chi connectivity index (χ3v) is 3.25. The molecule has 110 valence electrons. The molecule has 0 unspecified atom stereocenters. The number of nitrogens with two attached hydrogens (primary N) is 1. The molecular formula is C17H20N2O2. The van der Waals surface area contributed by atoms with E-state index < -0.39 is 0 Å². The Morgan fingerprint density at radius 2 is 2.00 bits per heavy atom. The topological polar surface area (TPSA) is 64.3 Å². The minimum absolute atomic E-state index is 0.130. The van der Waals surface area contributed by atoms with E-state index in [4.69, 9.17) is 10.5 Å². The van der Waals surface area contributed by atoms with Gasteiger partial charge in [0.2, 0.25) is 0 Å². The minimum Gasteiger partial charge on any atom is -0.487 e. The Balaban J connectivity index is 2.08. The van der Waals surface area contributed by atoms with Crippen LogP contribution in [0.4, 0.5) is 5.69 Å². The van der Waals surface area contributed by atoms with Crippen LogP contribution in [0.1, 0.15) is 28.4 Å². The van der Waals surface area contributed by atoms with Gasteiger partial charge in [-0.05, 0) is 43.2 Å². The summed E-state index contributed by atoms with van der Waals surface area (Å²) in [5, 5.41) is 2.74. The molecule has 2 aromatic carbocycles. The number of hydrogen-bond acceptors (Lipinski definition) is 3. The number of rotatable bonds is 5. The molecule has 0 radical (unpaired) electrons. The van der Waals surface area contributed by atoms with Crippen molar-refractivity contribution >= 4 is 11.6 Å². The number of ether oxygens (including phenoxy) is 1. The first kappa shape index (κ1) is 14.9. The largest absolute Gasteiger partial charge is 0.487 e. The molecule has 1 amide bonds. The molecule has 0 aliphatic heterocycles. The van der Waals surface area contributed by atoms with E-state index in [-0.39, 0.29) is 5.91 Å². The highest BCUT2D eigenvalue weighted by Gasteiger charge is 2.08. The van der Waals surface area contributed by atoms with Crippen molar-refractivity contribution in [1.29, 1.82) is 0 Å². The van der Waals surface area contributed by atoms with E-state index in [1.54, 1.807) is 18.2 Å². The van der Waals surface area contributed by atoms with Crippen LogP contribution < -0.4 is 15.8 Å². The number of hydrogen-bond donors (Lipinski definition) is 2. The van der Waals surface area contributed by atoms with E-state index in [0.717, 1.165) is 5.56 Å². The van der Waals surface area contributed by atoms with Gasteiger partial charge in [-0.3, -0.25) is 4.79 Å². The zero-order chi connectivity index (χ0) is 15.2. The van der Waals surface area contributed by atoms with Crippen molar-refractivity contribution < 1.29 is 9.53 Å². The van der Waals surface area contributed by atoms with E-state index >= 15 is 0 Å². The van der Waals surface area contributed by atoms with Gasteiger partial charge < -0.3 is 15.8 Å². The molecule has 3 N–H and O–H groups in total. The van der Waals surface area contributed by atoms with Crippen LogP contribution in [-0.4, -0.2) is 12.5 Å². The molecule has 21 heavy (non-hydrogen) atoms. The molecule has 0 heterocycles. The molecule has 0 saturated carbocycles. The average molecular weight is 284 g/mol. The summed E-state index contributed by atoms with van der Waals surface area (Å²) in [4.78, 5) is 11.7. The van der Waals surface area contributed by atoms with Gasteiger partial charge in [0.25, 0.3) is 5.91 Å². The lowest BCUT2D eigenvalue weighted by atomic mass is 10.1. The SMILES string of the molecule is CCNC(=O)c1ccc(OCc2ccccc2C)c(N)c1. The molecule has 2 aromatic rings. The highest BCUT2D eigenvalue weighted by atomic mass is 16.5. The predicted octanol–water partition coefficient (Wildman–Crippen LogP) is 2.91. The van der Waals surface area contributed by atoms with Crippen LogP contribution in [0.3, 0.4) is 0 Å². The second kappa shape index (κ2) is 6.79. The summed E-state index contributed by atoms with van der Waals surface area (Å²) in [6.07, 6.45) is 0. The standard InChI is InChI=1S/C17H20N2O2/c1-3-19-17(20)13-8-9-16(15(18)10-13)21-11-14-7-5-4-6-12(14)2/h4-10H,3,11,18H2,1-2H3,(H,19,20). The summed E-state index contributed by atoms with van der Waals surface area (Å²) in [5.41, 5.74) is 9.25. The number of carbonyl (C=O) groups is 1.